The Kier molecular flexibility index (Phi) is 7.43. The zero-order chi connectivity index (χ0) is 16.3. The van der Waals surface area contributed by atoms with Crippen LogP contribution >= 0.6 is 0 Å². The Labute approximate surface area is 138 Å². The molecule has 0 saturated heterocycles. The van der Waals surface area contributed by atoms with Crippen molar-refractivity contribution in [2.24, 2.45) is 0 Å². The molecule has 2 aromatic rings. The van der Waals surface area contributed by atoms with Crippen LogP contribution in [-0.2, 0) is 9.47 Å². The van der Waals surface area contributed by atoms with Crippen LogP contribution < -0.4 is 10.5 Å². The first-order valence-electron chi connectivity index (χ1n) is 8.02. The number of anilines is 1. The predicted molar refractivity (Wildman–Crippen MR) is 92.6 cm³/mol. The SMILES string of the molecule is CCC(OCCOCCOc1ccc(N)cc1)c1ccccc1. The second-order valence-corrected chi connectivity index (χ2v) is 5.21. The fraction of sp³-hybridized carbons (Fsp3) is 0.368. The number of rotatable bonds is 10. The average molecular weight is 315 g/mol. The Morgan fingerprint density at radius 2 is 1.57 bits per heavy atom. The highest BCUT2D eigenvalue weighted by Gasteiger charge is 2.08. The maximum Gasteiger partial charge on any atom is 0.119 e. The summed E-state index contributed by atoms with van der Waals surface area (Å²) in [6, 6.07) is 17.6. The molecular weight excluding hydrogens is 290 g/mol. The monoisotopic (exact) mass is 315 g/mol. The Bertz CT molecular complexity index is 542. The van der Waals surface area contributed by atoms with Gasteiger partial charge in [-0.05, 0) is 36.2 Å². The lowest BCUT2D eigenvalue weighted by molar-refractivity contribution is -0.00311. The predicted octanol–water partition coefficient (Wildman–Crippen LogP) is 3.83. The summed E-state index contributed by atoms with van der Waals surface area (Å²) >= 11 is 0. The van der Waals surface area contributed by atoms with Crippen molar-refractivity contribution in [3.63, 3.8) is 0 Å². The number of hydrogen-bond acceptors (Lipinski definition) is 4. The van der Waals surface area contributed by atoms with Crippen molar-refractivity contribution >= 4 is 5.69 Å². The zero-order valence-corrected chi connectivity index (χ0v) is 13.6. The van der Waals surface area contributed by atoms with Gasteiger partial charge in [0.25, 0.3) is 0 Å². The summed E-state index contributed by atoms with van der Waals surface area (Å²) < 4.78 is 17.0. The molecule has 1 atom stereocenters. The minimum absolute atomic E-state index is 0.130. The topological polar surface area (TPSA) is 53.7 Å². The maximum atomic E-state index is 5.88. The molecule has 0 aliphatic rings. The van der Waals surface area contributed by atoms with E-state index in [-0.39, 0.29) is 6.10 Å². The highest BCUT2D eigenvalue weighted by Crippen LogP contribution is 2.20. The number of nitrogens with two attached hydrogens (primary N) is 1. The number of hydrogen-bond donors (Lipinski definition) is 1. The third-order valence-corrected chi connectivity index (χ3v) is 3.47. The van der Waals surface area contributed by atoms with Crippen LogP contribution in [0.15, 0.2) is 54.6 Å². The molecule has 0 aromatic heterocycles. The lowest BCUT2D eigenvalue weighted by atomic mass is 10.1. The fourth-order valence-electron chi connectivity index (χ4n) is 2.25. The lowest BCUT2D eigenvalue weighted by Gasteiger charge is -2.16. The maximum absolute atomic E-state index is 5.88. The van der Waals surface area contributed by atoms with E-state index in [0.717, 1.165) is 17.9 Å². The zero-order valence-electron chi connectivity index (χ0n) is 13.6. The molecule has 0 fully saturated rings. The van der Waals surface area contributed by atoms with Crippen LogP contribution in [-0.4, -0.2) is 26.4 Å². The number of benzene rings is 2. The van der Waals surface area contributed by atoms with Crippen LogP contribution in [0.5, 0.6) is 5.75 Å². The molecule has 23 heavy (non-hydrogen) atoms. The first-order valence-corrected chi connectivity index (χ1v) is 8.02. The van der Waals surface area contributed by atoms with Crippen LogP contribution in [0.3, 0.4) is 0 Å². The average Bonchev–Trinajstić information content (AvgIpc) is 2.60. The van der Waals surface area contributed by atoms with Gasteiger partial charge in [-0.2, -0.15) is 0 Å². The van der Waals surface area contributed by atoms with Gasteiger partial charge in [-0.3, -0.25) is 0 Å². The lowest BCUT2D eigenvalue weighted by Crippen LogP contribution is -2.13. The van der Waals surface area contributed by atoms with E-state index in [2.05, 4.69) is 19.1 Å². The van der Waals surface area contributed by atoms with Crippen molar-refractivity contribution in [3.05, 3.63) is 60.2 Å². The van der Waals surface area contributed by atoms with Crippen LogP contribution in [0.2, 0.25) is 0 Å². The van der Waals surface area contributed by atoms with Gasteiger partial charge in [0.05, 0.1) is 25.9 Å². The van der Waals surface area contributed by atoms with Gasteiger partial charge in [0, 0.05) is 5.69 Å². The molecule has 2 aromatic carbocycles. The third kappa shape index (κ3) is 6.30. The smallest absolute Gasteiger partial charge is 0.119 e. The van der Waals surface area contributed by atoms with E-state index in [1.807, 2.05) is 42.5 Å². The van der Waals surface area contributed by atoms with Crippen molar-refractivity contribution in [1.29, 1.82) is 0 Å². The second-order valence-electron chi connectivity index (χ2n) is 5.21. The van der Waals surface area contributed by atoms with Crippen LogP contribution in [0.1, 0.15) is 25.0 Å². The summed E-state index contributed by atoms with van der Waals surface area (Å²) in [5.41, 5.74) is 7.56. The van der Waals surface area contributed by atoms with Crippen LogP contribution in [0.4, 0.5) is 5.69 Å². The van der Waals surface area contributed by atoms with Gasteiger partial charge < -0.3 is 19.9 Å². The molecule has 2 rings (SSSR count). The molecule has 0 bridgehead atoms. The van der Waals surface area contributed by atoms with Gasteiger partial charge in [0.15, 0.2) is 0 Å². The molecule has 0 amide bonds. The summed E-state index contributed by atoms with van der Waals surface area (Å²) in [4.78, 5) is 0. The normalized spacial score (nSPS) is 12.0. The molecular formula is C19H25NO3. The van der Waals surface area contributed by atoms with Crippen LogP contribution in [0, 0.1) is 0 Å². The minimum atomic E-state index is 0.130. The van der Waals surface area contributed by atoms with Crippen molar-refractivity contribution in [3.8, 4) is 5.75 Å². The van der Waals surface area contributed by atoms with Gasteiger partial charge in [0.1, 0.15) is 12.4 Å². The third-order valence-electron chi connectivity index (χ3n) is 3.47. The quantitative estimate of drug-likeness (QED) is 0.535. The molecule has 0 heterocycles. The molecule has 4 heteroatoms. The number of ether oxygens (including phenoxy) is 3. The van der Waals surface area contributed by atoms with Crippen molar-refractivity contribution in [1.82, 2.24) is 0 Å². The van der Waals surface area contributed by atoms with Gasteiger partial charge in [-0.25, -0.2) is 0 Å². The molecule has 0 aliphatic carbocycles. The Morgan fingerprint density at radius 3 is 2.26 bits per heavy atom. The van der Waals surface area contributed by atoms with E-state index in [0.29, 0.717) is 26.4 Å². The first-order chi connectivity index (χ1) is 11.3. The summed E-state index contributed by atoms with van der Waals surface area (Å²) in [5.74, 6) is 0.800. The summed E-state index contributed by atoms with van der Waals surface area (Å²) in [7, 11) is 0. The van der Waals surface area contributed by atoms with Crippen molar-refractivity contribution in [2.45, 2.75) is 19.4 Å². The molecule has 4 nitrogen and oxygen atoms in total. The molecule has 0 saturated carbocycles. The highest BCUT2D eigenvalue weighted by molar-refractivity contribution is 5.41. The molecule has 124 valence electrons. The number of nitrogen functional groups attached to an aromatic ring is 1. The largest absolute Gasteiger partial charge is 0.491 e. The molecule has 0 spiro atoms. The van der Waals surface area contributed by atoms with Gasteiger partial charge in [0.2, 0.25) is 0 Å². The second kappa shape index (κ2) is 9.87. The van der Waals surface area contributed by atoms with Gasteiger partial charge in [-0.15, -0.1) is 0 Å². The van der Waals surface area contributed by atoms with E-state index in [9.17, 15) is 0 Å². The Balaban J connectivity index is 1.56. The van der Waals surface area contributed by atoms with Crippen LogP contribution in [0.25, 0.3) is 0 Å². The standard InChI is InChI=1S/C19H25NO3/c1-2-19(16-6-4-3-5-7-16)23-15-13-21-12-14-22-18-10-8-17(20)9-11-18/h3-11,19H,2,12-15,20H2,1H3. The van der Waals surface area contributed by atoms with E-state index in [4.69, 9.17) is 19.9 Å². The van der Waals surface area contributed by atoms with E-state index in [1.165, 1.54) is 5.56 Å². The Hall–Kier alpha value is -2.04. The molecule has 1 unspecified atom stereocenters. The minimum Gasteiger partial charge on any atom is -0.491 e. The fourth-order valence-corrected chi connectivity index (χ4v) is 2.25. The summed E-state index contributed by atoms with van der Waals surface area (Å²) in [5, 5.41) is 0. The van der Waals surface area contributed by atoms with Gasteiger partial charge in [-0.1, -0.05) is 37.3 Å². The molecule has 0 radical (unpaired) electrons. The van der Waals surface area contributed by atoms with Gasteiger partial charge >= 0.3 is 0 Å². The van der Waals surface area contributed by atoms with E-state index >= 15 is 0 Å². The Morgan fingerprint density at radius 1 is 0.870 bits per heavy atom. The molecule has 2 N–H and O–H groups in total. The summed E-state index contributed by atoms with van der Waals surface area (Å²) in [6.07, 6.45) is 1.08. The van der Waals surface area contributed by atoms with Crippen molar-refractivity contribution < 1.29 is 14.2 Å². The van der Waals surface area contributed by atoms with Crippen molar-refractivity contribution in [2.75, 3.05) is 32.2 Å². The summed E-state index contributed by atoms with van der Waals surface area (Å²) in [6.45, 7) is 4.32. The van der Waals surface area contributed by atoms with E-state index < -0.39 is 0 Å². The molecule has 0 aliphatic heterocycles. The first kappa shape index (κ1) is 17.3. The highest BCUT2D eigenvalue weighted by atomic mass is 16.5. The van der Waals surface area contributed by atoms with E-state index in [1.54, 1.807) is 0 Å².